The second-order valence-corrected chi connectivity index (χ2v) is 4.26. The van der Waals surface area contributed by atoms with E-state index in [4.69, 9.17) is 21.1 Å². The van der Waals surface area contributed by atoms with Crippen molar-refractivity contribution in [2.24, 2.45) is 0 Å². The fourth-order valence-corrected chi connectivity index (χ4v) is 1.79. The number of carbonyl (C=O) groups is 1. The predicted molar refractivity (Wildman–Crippen MR) is 64.3 cm³/mol. The minimum Gasteiger partial charge on any atom is -0.484 e. The molecule has 0 atom stereocenters. The fourth-order valence-electron chi connectivity index (χ4n) is 1.62. The number of morpholine rings is 1. The molecule has 0 unspecified atom stereocenters. The van der Waals surface area contributed by atoms with E-state index in [1.807, 2.05) is 0 Å². The van der Waals surface area contributed by atoms with E-state index in [1.165, 1.54) is 18.2 Å². The summed E-state index contributed by atoms with van der Waals surface area (Å²) < 4.78 is 23.3. The van der Waals surface area contributed by atoms with E-state index >= 15 is 0 Å². The van der Waals surface area contributed by atoms with Crippen molar-refractivity contribution in [3.05, 3.63) is 29.0 Å². The Bertz CT molecular complexity index is 435. The number of benzene rings is 1. The smallest absolute Gasteiger partial charge is 0.260 e. The van der Waals surface area contributed by atoms with Gasteiger partial charge in [0.05, 0.1) is 18.2 Å². The van der Waals surface area contributed by atoms with Crippen molar-refractivity contribution >= 4 is 17.5 Å². The molecule has 1 aromatic carbocycles. The van der Waals surface area contributed by atoms with Gasteiger partial charge in [-0.2, -0.15) is 0 Å². The number of amides is 1. The summed E-state index contributed by atoms with van der Waals surface area (Å²) in [6.07, 6.45) is 0. The van der Waals surface area contributed by atoms with E-state index in [0.29, 0.717) is 32.1 Å². The van der Waals surface area contributed by atoms with Gasteiger partial charge in [-0.15, -0.1) is 0 Å². The van der Waals surface area contributed by atoms with Crippen molar-refractivity contribution in [1.82, 2.24) is 4.90 Å². The highest BCUT2D eigenvalue weighted by atomic mass is 35.5. The van der Waals surface area contributed by atoms with Gasteiger partial charge in [0.15, 0.2) is 6.61 Å². The highest BCUT2D eigenvalue weighted by Crippen LogP contribution is 2.21. The Morgan fingerprint density at radius 1 is 1.44 bits per heavy atom. The Kier molecular flexibility index (Phi) is 4.38. The minimum atomic E-state index is -0.511. The lowest BCUT2D eigenvalue weighted by molar-refractivity contribution is -0.137. The maximum Gasteiger partial charge on any atom is 0.260 e. The summed E-state index contributed by atoms with van der Waals surface area (Å²) in [6, 6.07) is 3.99. The van der Waals surface area contributed by atoms with Crippen LogP contribution in [0.3, 0.4) is 0 Å². The molecule has 4 nitrogen and oxygen atoms in total. The van der Waals surface area contributed by atoms with Crippen LogP contribution < -0.4 is 4.74 Å². The number of hydrogen-bond acceptors (Lipinski definition) is 3. The van der Waals surface area contributed by atoms with Crippen molar-refractivity contribution in [2.45, 2.75) is 0 Å². The van der Waals surface area contributed by atoms with Crippen molar-refractivity contribution in [3.8, 4) is 5.75 Å². The van der Waals surface area contributed by atoms with Crippen molar-refractivity contribution < 1.29 is 18.7 Å². The van der Waals surface area contributed by atoms with Crippen LogP contribution in [0.5, 0.6) is 5.75 Å². The van der Waals surface area contributed by atoms with Crippen LogP contribution in [0.15, 0.2) is 18.2 Å². The van der Waals surface area contributed by atoms with Gasteiger partial charge in [-0.25, -0.2) is 4.39 Å². The van der Waals surface area contributed by atoms with Gasteiger partial charge in [-0.3, -0.25) is 4.79 Å². The van der Waals surface area contributed by atoms with Gasteiger partial charge in [-0.05, 0) is 12.1 Å². The highest BCUT2D eigenvalue weighted by Gasteiger charge is 2.17. The summed E-state index contributed by atoms with van der Waals surface area (Å²) in [4.78, 5) is 13.4. The molecule has 0 aromatic heterocycles. The van der Waals surface area contributed by atoms with Gasteiger partial charge in [-0.1, -0.05) is 11.6 Å². The summed E-state index contributed by atoms with van der Waals surface area (Å²) in [5, 5.41) is -0.0219. The molecular formula is C12H13ClFNO3. The molecule has 0 spiro atoms. The molecule has 1 aliphatic heterocycles. The summed E-state index contributed by atoms with van der Waals surface area (Å²) in [5.41, 5.74) is 0. The zero-order valence-corrected chi connectivity index (χ0v) is 10.5. The van der Waals surface area contributed by atoms with Crippen molar-refractivity contribution in [1.29, 1.82) is 0 Å². The molecule has 2 rings (SSSR count). The first kappa shape index (κ1) is 13.1. The number of rotatable bonds is 3. The zero-order valence-electron chi connectivity index (χ0n) is 9.70. The third kappa shape index (κ3) is 3.34. The third-order valence-electron chi connectivity index (χ3n) is 2.62. The largest absolute Gasteiger partial charge is 0.484 e. The number of hydrogen-bond donors (Lipinski definition) is 0. The first-order valence-corrected chi connectivity index (χ1v) is 5.98. The molecule has 1 saturated heterocycles. The van der Waals surface area contributed by atoms with Crippen LogP contribution >= 0.6 is 11.6 Å². The lowest BCUT2D eigenvalue weighted by Crippen LogP contribution is -2.42. The van der Waals surface area contributed by atoms with Crippen LogP contribution in [0, 0.1) is 5.82 Å². The maximum absolute atomic E-state index is 12.9. The lowest BCUT2D eigenvalue weighted by atomic mass is 10.3. The van der Waals surface area contributed by atoms with Crippen LogP contribution in [0.1, 0.15) is 0 Å². The molecule has 1 fully saturated rings. The third-order valence-corrected chi connectivity index (χ3v) is 2.91. The number of carbonyl (C=O) groups excluding carboxylic acids is 1. The normalized spacial score (nSPS) is 15.6. The van der Waals surface area contributed by atoms with E-state index in [-0.39, 0.29) is 17.5 Å². The maximum atomic E-state index is 12.9. The monoisotopic (exact) mass is 273 g/mol. The van der Waals surface area contributed by atoms with Crippen LogP contribution in [-0.4, -0.2) is 43.7 Å². The number of ether oxygens (including phenoxy) is 2. The second-order valence-electron chi connectivity index (χ2n) is 3.86. The van der Waals surface area contributed by atoms with E-state index < -0.39 is 5.82 Å². The van der Waals surface area contributed by atoms with Gasteiger partial charge in [0.1, 0.15) is 11.6 Å². The average Bonchev–Trinajstić information content (AvgIpc) is 2.41. The summed E-state index contributed by atoms with van der Waals surface area (Å²) in [6.45, 7) is 2.17. The SMILES string of the molecule is O=C(COc1ccc(F)c(Cl)c1)N1CCOCC1. The minimum absolute atomic E-state index is 0.0219. The van der Waals surface area contributed by atoms with Gasteiger partial charge in [0.2, 0.25) is 0 Å². The van der Waals surface area contributed by atoms with Gasteiger partial charge in [0, 0.05) is 19.2 Å². The molecule has 18 heavy (non-hydrogen) atoms. The van der Waals surface area contributed by atoms with E-state index in [1.54, 1.807) is 4.90 Å². The zero-order chi connectivity index (χ0) is 13.0. The molecular weight excluding hydrogens is 261 g/mol. The molecule has 0 N–H and O–H groups in total. The predicted octanol–water partition coefficient (Wildman–Crippen LogP) is 1.72. The topological polar surface area (TPSA) is 38.8 Å². The Morgan fingerprint density at radius 3 is 2.83 bits per heavy atom. The molecule has 0 bridgehead atoms. The molecule has 1 heterocycles. The molecule has 1 aromatic rings. The molecule has 98 valence electrons. The number of nitrogens with zero attached hydrogens (tertiary/aromatic N) is 1. The summed E-state index contributed by atoms with van der Waals surface area (Å²) in [5.74, 6) is -0.245. The van der Waals surface area contributed by atoms with Gasteiger partial charge < -0.3 is 14.4 Å². The molecule has 1 aliphatic rings. The van der Waals surface area contributed by atoms with E-state index in [2.05, 4.69) is 0 Å². The molecule has 0 aliphatic carbocycles. The first-order valence-electron chi connectivity index (χ1n) is 5.60. The quantitative estimate of drug-likeness (QED) is 0.842. The Morgan fingerprint density at radius 2 is 2.17 bits per heavy atom. The van der Waals surface area contributed by atoms with E-state index in [0.717, 1.165) is 0 Å². The Balaban J connectivity index is 1.86. The van der Waals surface area contributed by atoms with Crippen LogP contribution in [0.25, 0.3) is 0 Å². The fraction of sp³-hybridized carbons (Fsp3) is 0.417. The first-order chi connectivity index (χ1) is 8.66. The standard InChI is InChI=1S/C12H13ClFNO3/c13-10-7-9(1-2-11(10)14)18-8-12(16)15-3-5-17-6-4-15/h1-2,7H,3-6,8H2. The Labute approximate surface area is 109 Å². The van der Waals surface area contributed by atoms with E-state index in [9.17, 15) is 9.18 Å². The van der Waals surface area contributed by atoms with Crippen molar-refractivity contribution in [3.63, 3.8) is 0 Å². The number of halogens is 2. The summed E-state index contributed by atoms with van der Waals surface area (Å²) in [7, 11) is 0. The van der Waals surface area contributed by atoms with Gasteiger partial charge >= 0.3 is 0 Å². The Hall–Kier alpha value is -1.33. The summed E-state index contributed by atoms with van der Waals surface area (Å²) >= 11 is 5.61. The van der Waals surface area contributed by atoms with Crippen LogP contribution in [-0.2, 0) is 9.53 Å². The van der Waals surface area contributed by atoms with Gasteiger partial charge in [0.25, 0.3) is 5.91 Å². The molecule has 6 heteroatoms. The molecule has 0 saturated carbocycles. The second kappa shape index (κ2) is 6.02. The molecule has 1 amide bonds. The van der Waals surface area contributed by atoms with Crippen LogP contribution in [0.2, 0.25) is 5.02 Å². The van der Waals surface area contributed by atoms with Crippen LogP contribution in [0.4, 0.5) is 4.39 Å². The molecule has 0 radical (unpaired) electrons. The van der Waals surface area contributed by atoms with Crippen molar-refractivity contribution in [2.75, 3.05) is 32.9 Å². The highest BCUT2D eigenvalue weighted by molar-refractivity contribution is 6.30. The average molecular weight is 274 g/mol. The lowest BCUT2D eigenvalue weighted by Gasteiger charge is -2.26.